The molecule has 0 aliphatic carbocycles. The summed E-state index contributed by atoms with van der Waals surface area (Å²) in [5.74, 6) is 2.51. The predicted octanol–water partition coefficient (Wildman–Crippen LogP) is 2.29. The predicted molar refractivity (Wildman–Crippen MR) is 134 cm³/mol. The van der Waals surface area contributed by atoms with Crippen LogP contribution < -0.4 is 29.0 Å². The average Bonchev–Trinajstić information content (AvgIpc) is 3.53. The van der Waals surface area contributed by atoms with Gasteiger partial charge in [-0.2, -0.15) is 0 Å². The smallest absolute Gasteiger partial charge is 0.343 e. The standard InChI is InChI=1S/C27H33N3O7/c1-29-10-7-15-17(13-30-11-8-28-9-12-30)23-26(36-14-35-23)25(34-4)19(15)21(29)22-16-5-6-18(32-2)24(33-3)20(16)27(31)37-22/h5-6,21-22,28H,7-14H2,1-4H3/t21?,22-/m0/s1. The molecule has 4 heterocycles. The number of benzene rings is 2. The van der Waals surface area contributed by atoms with E-state index in [0.29, 0.717) is 28.6 Å². The molecule has 4 aliphatic rings. The Balaban J connectivity index is 1.51. The Hall–Kier alpha value is -3.21. The van der Waals surface area contributed by atoms with E-state index in [1.165, 1.54) is 12.7 Å². The molecule has 2 aromatic carbocycles. The normalized spacial score (nSPS) is 22.9. The second-order valence-corrected chi connectivity index (χ2v) is 9.76. The van der Waals surface area contributed by atoms with Gasteiger partial charge >= 0.3 is 5.97 Å². The minimum atomic E-state index is -0.548. The van der Waals surface area contributed by atoms with Crippen LogP contribution in [0.5, 0.6) is 28.7 Å². The van der Waals surface area contributed by atoms with Crippen molar-refractivity contribution in [3.8, 4) is 28.7 Å². The van der Waals surface area contributed by atoms with Gasteiger partial charge in [0.25, 0.3) is 0 Å². The van der Waals surface area contributed by atoms with Gasteiger partial charge in [0.2, 0.25) is 12.5 Å². The lowest BCUT2D eigenvalue weighted by atomic mass is 9.83. The summed E-state index contributed by atoms with van der Waals surface area (Å²) in [5, 5.41) is 3.42. The lowest BCUT2D eigenvalue weighted by Gasteiger charge is -2.40. The summed E-state index contributed by atoms with van der Waals surface area (Å²) in [6.45, 7) is 5.58. The molecule has 0 radical (unpaired) electrons. The highest BCUT2D eigenvalue weighted by atomic mass is 16.7. The number of hydrogen-bond donors (Lipinski definition) is 1. The molecule has 1 saturated heterocycles. The number of piperazine rings is 1. The Kier molecular flexibility index (Phi) is 6.26. The first-order valence-corrected chi connectivity index (χ1v) is 12.7. The van der Waals surface area contributed by atoms with Crippen molar-refractivity contribution in [1.82, 2.24) is 15.1 Å². The number of carbonyl (C=O) groups excluding carboxylic acids is 1. The highest BCUT2D eigenvalue weighted by Gasteiger charge is 2.47. The van der Waals surface area contributed by atoms with E-state index >= 15 is 0 Å². The van der Waals surface area contributed by atoms with Gasteiger partial charge in [0.05, 0.1) is 27.4 Å². The first kappa shape index (κ1) is 24.1. The molecule has 0 aromatic heterocycles. The van der Waals surface area contributed by atoms with Crippen LogP contribution in [0.4, 0.5) is 0 Å². The third kappa shape index (κ3) is 3.77. The lowest BCUT2D eigenvalue weighted by molar-refractivity contribution is 0.00865. The van der Waals surface area contributed by atoms with Gasteiger partial charge in [-0.3, -0.25) is 9.80 Å². The van der Waals surface area contributed by atoms with Crippen LogP contribution in [0.3, 0.4) is 0 Å². The molecule has 2 atom stereocenters. The van der Waals surface area contributed by atoms with Crippen molar-refractivity contribution >= 4 is 5.97 Å². The van der Waals surface area contributed by atoms with Gasteiger partial charge < -0.3 is 33.7 Å². The van der Waals surface area contributed by atoms with E-state index in [0.717, 1.165) is 68.1 Å². The zero-order valence-electron chi connectivity index (χ0n) is 21.7. The molecule has 198 valence electrons. The molecule has 1 N–H and O–H groups in total. The Morgan fingerprint density at radius 1 is 1.00 bits per heavy atom. The van der Waals surface area contributed by atoms with Crippen molar-refractivity contribution in [3.63, 3.8) is 0 Å². The number of nitrogens with one attached hydrogen (secondary N) is 1. The third-order valence-electron chi connectivity index (χ3n) is 7.92. The molecule has 4 aliphatic heterocycles. The van der Waals surface area contributed by atoms with Crippen molar-refractivity contribution in [1.29, 1.82) is 0 Å². The summed E-state index contributed by atoms with van der Waals surface area (Å²) in [5.41, 5.74) is 4.50. The molecule has 0 saturated carbocycles. The summed E-state index contributed by atoms with van der Waals surface area (Å²) < 4.78 is 35.1. The first-order chi connectivity index (χ1) is 18.1. The summed E-state index contributed by atoms with van der Waals surface area (Å²) in [6, 6.07) is 3.44. The maximum atomic E-state index is 13.2. The second kappa shape index (κ2) is 9.59. The number of carbonyl (C=O) groups is 1. The molecule has 0 bridgehead atoms. The molecule has 10 nitrogen and oxygen atoms in total. The Labute approximate surface area is 216 Å². The Morgan fingerprint density at radius 3 is 2.49 bits per heavy atom. The van der Waals surface area contributed by atoms with E-state index in [-0.39, 0.29) is 12.8 Å². The van der Waals surface area contributed by atoms with Gasteiger partial charge in [0, 0.05) is 56.0 Å². The van der Waals surface area contributed by atoms with Crippen LogP contribution in [0.1, 0.15) is 44.8 Å². The van der Waals surface area contributed by atoms with Gasteiger partial charge in [0.1, 0.15) is 11.7 Å². The first-order valence-electron chi connectivity index (χ1n) is 12.7. The van der Waals surface area contributed by atoms with Crippen LogP contribution >= 0.6 is 0 Å². The molecule has 10 heteroatoms. The number of methoxy groups -OCH3 is 3. The van der Waals surface area contributed by atoms with E-state index in [1.807, 2.05) is 12.1 Å². The third-order valence-corrected chi connectivity index (χ3v) is 7.92. The van der Waals surface area contributed by atoms with E-state index in [9.17, 15) is 4.79 Å². The van der Waals surface area contributed by atoms with Crippen molar-refractivity contribution in [3.05, 3.63) is 39.9 Å². The number of fused-ring (bicyclic) bond motifs is 3. The van der Waals surface area contributed by atoms with Crippen LogP contribution in [0.2, 0.25) is 0 Å². The summed E-state index contributed by atoms with van der Waals surface area (Å²) in [7, 11) is 6.80. The lowest BCUT2D eigenvalue weighted by Crippen LogP contribution is -2.43. The monoisotopic (exact) mass is 511 g/mol. The Bertz CT molecular complexity index is 1230. The topological polar surface area (TPSA) is 91.0 Å². The van der Waals surface area contributed by atoms with Crippen LogP contribution in [0.15, 0.2) is 12.1 Å². The minimum Gasteiger partial charge on any atom is -0.493 e. The number of likely N-dealkylation sites (N-methyl/N-ethyl adjacent to an activating group) is 1. The van der Waals surface area contributed by atoms with Gasteiger partial charge in [-0.05, 0) is 25.1 Å². The van der Waals surface area contributed by atoms with Crippen LogP contribution in [0.25, 0.3) is 0 Å². The Morgan fingerprint density at radius 2 is 1.76 bits per heavy atom. The number of esters is 1. The van der Waals surface area contributed by atoms with E-state index in [2.05, 4.69) is 22.2 Å². The fourth-order valence-corrected chi connectivity index (χ4v) is 6.18. The van der Waals surface area contributed by atoms with Crippen LogP contribution in [-0.4, -0.2) is 83.7 Å². The largest absolute Gasteiger partial charge is 0.493 e. The number of nitrogens with zero attached hydrogens (tertiary/aromatic N) is 2. The molecule has 37 heavy (non-hydrogen) atoms. The van der Waals surface area contributed by atoms with E-state index in [4.69, 9.17) is 28.4 Å². The summed E-state index contributed by atoms with van der Waals surface area (Å²) in [4.78, 5) is 17.9. The SMILES string of the molecule is COc1ccc2c(c1OC)C(=O)O[C@@H]2C1c2c(c(CN3CCNCC3)c3c(c2OC)OCO3)CCN1C. The molecule has 6 rings (SSSR count). The van der Waals surface area contributed by atoms with Crippen LogP contribution in [0, 0.1) is 0 Å². The van der Waals surface area contributed by atoms with Crippen molar-refractivity contribution in [2.24, 2.45) is 0 Å². The number of ether oxygens (including phenoxy) is 6. The van der Waals surface area contributed by atoms with Crippen molar-refractivity contribution in [2.75, 3.05) is 67.9 Å². The molecule has 1 fully saturated rings. The molecule has 0 amide bonds. The zero-order valence-corrected chi connectivity index (χ0v) is 21.7. The maximum Gasteiger partial charge on any atom is 0.343 e. The highest BCUT2D eigenvalue weighted by Crippen LogP contribution is 2.57. The maximum absolute atomic E-state index is 13.2. The number of cyclic esters (lactones) is 1. The fraction of sp³-hybridized carbons (Fsp3) is 0.519. The summed E-state index contributed by atoms with van der Waals surface area (Å²) >= 11 is 0. The van der Waals surface area contributed by atoms with Gasteiger partial charge in [-0.1, -0.05) is 6.07 Å². The fourth-order valence-electron chi connectivity index (χ4n) is 6.18. The average molecular weight is 512 g/mol. The second-order valence-electron chi connectivity index (χ2n) is 9.76. The minimum absolute atomic E-state index is 0.155. The van der Waals surface area contributed by atoms with E-state index in [1.54, 1.807) is 14.2 Å². The molecule has 1 unspecified atom stereocenters. The zero-order chi connectivity index (χ0) is 25.7. The number of hydrogen-bond acceptors (Lipinski definition) is 10. The van der Waals surface area contributed by atoms with E-state index < -0.39 is 12.1 Å². The molecule has 2 aromatic rings. The van der Waals surface area contributed by atoms with Gasteiger partial charge in [0.15, 0.2) is 23.0 Å². The molecule has 0 spiro atoms. The van der Waals surface area contributed by atoms with Gasteiger partial charge in [-0.25, -0.2) is 4.79 Å². The van der Waals surface area contributed by atoms with Crippen LogP contribution in [-0.2, 0) is 17.7 Å². The molecular formula is C27H33N3O7. The van der Waals surface area contributed by atoms with Gasteiger partial charge in [-0.15, -0.1) is 0 Å². The highest BCUT2D eigenvalue weighted by molar-refractivity contribution is 5.98. The summed E-state index contributed by atoms with van der Waals surface area (Å²) in [6.07, 6.45) is 0.281. The number of rotatable bonds is 6. The quantitative estimate of drug-likeness (QED) is 0.583. The van der Waals surface area contributed by atoms with Crippen molar-refractivity contribution < 1.29 is 33.2 Å². The van der Waals surface area contributed by atoms with Crippen molar-refractivity contribution in [2.45, 2.75) is 25.1 Å². The molecular weight excluding hydrogens is 478 g/mol.